The SMILES string of the molecule is CCN1CC2(CCOC)CC(O)c3c(C(=O)NCc4ccc(F)cc4F)c(=O)c(O)c(n32)C1=O. The number of carbonyl (C=O) groups is 2. The van der Waals surface area contributed by atoms with E-state index in [1.807, 2.05) is 0 Å². The van der Waals surface area contributed by atoms with E-state index >= 15 is 0 Å². The van der Waals surface area contributed by atoms with Gasteiger partial charge in [-0.15, -0.1) is 0 Å². The molecule has 34 heavy (non-hydrogen) atoms. The number of amides is 2. The normalized spacial score (nSPS) is 21.0. The lowest BCUT2D eigenvalue weighted by molar-refractivity contribution is 0.0426. The molecule has 0 radical (unpaired) electrons. The van der Waals surface area contributed by atoms with Gasteiger partial charge >= 0.3 is 0 Å². The van der Waals surface area contributed by atoms with Gasteiger partial charge in [-0.2, -0.15) is 0 Å². The summed E-state index contributed by atoms with van der Waals surface area (Å²) in [6, 6.07) is 2.85. The standard InChI is InChI=1S/C23H25F2N3O6/c1-3-27-11-23(6-7-34-2)9-15(29)17-16(19(30)20(31)18(22(27)33)28(17)23)21(32)26-10-12-4-5-13(24)8-14(12)25/h4-5,8,15,29,31H,3,6-7,9-11H2,1-2H3,(H,26,32). The quantitative estimate of drug-likeness (QED) is 0.555. The molecule has 9 nitrogen and oxygen atoms in total. The Hall–Kier alpha value is -3.31. The molecule has 2 aromatic rings. The predicted molar refractivity (Wildman–Crippen MR) is 116 cm³/mol. The van der Waals surface area contributed by atoms with Crippen molar-refractivity contribution in [3.63, 3.8) is 0 Å². The van der Waals surface area contributed by atoms with Crippen LogP contribution in [0.25, 0.3) is 0 Å². The van der Waals surface area contributed by atoms with Crippen molar-refractivity contribution in [2.24, 2.45) is 0 Å². The van der Waals surface area contributed by atoms with Crippen molar-refractivity contribution in [2.75, 3.05) is 26.8 Å². The van der Waals surface area contributed by atoms with E-state index in [4.69, 9.17) is 4.74 Å². The smallest absolute Gasteiger partial charge is 0.274 e. The molecule has 3 N–H and O–H groups in total. The number of aromatic nitrogens is 1. The van der Waals surface area contributed by atoms with Crippen molar-refractivity contribution in [1.29, 1.82) is 0 Å². The van der Waals surface area contributed by atoms with Gasteiger partial charge in [0.05, 0.1) is 17.3 Å². The van der Waals surface area contributed by atoms with Gasteiger partial charge in [-0.05, 0) is 19.4 Å². The van der Waals surface area contributed by atoms with Crippen LogP contribution < -0.4 is 10.7 Å². The number of aromatic hydroxyl groups is 1. The van der Waals surface area contributed by atoms with Crippen molar-refractivity contribution in [3.05, 3.63) is 62.6 Å². The number of carbonyl (C=O) groups excluding carboxylic acids is 2. The summed E-state index contributed by atoms with van der Waals surface area (Å²) in [6.45, 7) is 2.19. The molecular weight excluding hydrogens is 452 g/mol. The fourth-order valence-electron chi connectivity index (χ4n) is 4.93. The molecule has 1 aromatic carbocycles. The largest absolute Gasteiger partial charge is 0.503 e. The number of benzene rings is 1. The van der Waals surface area contributed by atoms with Crippen LogP contribution in [-0.4, -0.2) is 58.3 Å². The van der Waals surface area contributed by atoms with Gasteiger partial charge in [-0.1, -0.05) is 6.07 Å². The molecule has 2 atom stereocenters. The first-order chi connectivity index (χ1) is 16.1. The van der Waals surface area contributed by atoms with E-state index in [1.54, 1.807) is 6.92 Å². The van der Waals surface area contributed by atoms with E-state index in [9.17, 15) is 33.4 Å². The third-order valence-electron chi connectivity index (χ3n) is 6.56. The highest BCUT2D eigenvalue weighted by atomic mass is 19.1. The van der Waals surface area contributed by atoms with Gasteiger partial charge in [0.25, 0.3) is 11.8 Å². The third kappa shape index (κ3) is 3.64. The molecule has 2 aliphatic heterocycles. The number of rotatable bonds is 7. The number of likely N-dealkylation sites (N-methyl/N-ethyl adjacent to an activating group) is 1. The van der Waals surface area contributed by atoms with Gasteiger partial charge in [-0.3, -0.25) is 14.4 Å². The first kappa shape index (κ1) is 23.8. The van der Waals surface area contributed by atoms with E-state index in [2.05, 4.69) is 5.32 Å². The molecule has 2 aliphatic rings. The number of aliphatic hydroxyl groups excluding tert-OH is 1. The second-order valence-corrected chi connectivity index (χ2v) is 8.55. The fourth-order valence-corrected chi connectivity index (χ4v) is 4.93. The second kappa shape index (κ2) is 8.80. The van der Waals surface area contributed by atoms with Crippen LogP contribution in [0.4, 0.5) is 8.78 Å². The number of ether oxygens (including phenoxy) is 1. The van der Waals surface area contributed by atoms with Crippen LogP contribution in [0.5, 0.6) is 5.75 Å². The molecule has 0 aliphatic carbocycles. The Morgan fingerprint density at radius 3 is 2.71 bits per heavy atom. The molecule has 4 rings (SSSR count). The van der Waals surface area contributed by atoms with Crippen LogP contribution in [0, 0.1) is 11.6 Å². The minimum absolute atomic E-state index is 0.0165. The van der Waals surface area contributed by atoms with Crippen molar-refractivity contribution in [1.82, 2.24) is 14.8 Å². The average Bonchev–Trinajstić information content (AvgIpc) is 3.08. The summed E-state index contributed by atoms with van der Waals surface area (Å²) < 4.78 is 33.8. The summed E-state index contributed by atoms with van der Waals surface area (Å²) in [6.07, 6.45) is -0.811. The number of pyridine rings is 1. The van der Waals surface area contributed by atoms with Gasteiger partial charge in [-0.25, -0.2) is 8.78 Å². The molecule has 0 saturated carbocycles. The zero-order valence-electron chi connectivity index (χ0n) is 18.7. The highest BCUT2D eigenvalue weighted by molar-refractivity contribution is 6.00. The van der Waals surface area contributed by atoms with E-state index in [0.717, 1.165) is 12.1 Å². The highest BCUT2D eigenvalue weighted by Crippen LogP contribution is 2.47. The molecule has 2 amide bonds. The van der Waals surface area contributed by atoms with Crippen LogP contribution >= 0.6 is 0 Å². The van der Waals surface area contributed by atoms with E-state index in [-0.39, 0.29) is 43.1 Å². The summed E-state index contributed by atoms with van der Waals surface area (Å²) >= 11 is 0. The third-order valence-corrected chi connectivity index (χ3v) is 6.56. The highest BCUT2D eigenvalue weighted by Gasteiger charge is 2.52. The average molecular weight is 477 g/mol. The first-order valence-electron chi connectivity index (χ1n) is 10.9. The van der Waals surface area contributed by atoms with Crippen molar-refractivity contribution < 1.29 is 33.3 Å². The summed E-state index contributed by atoms with van der Waals surface area (Å²) in [5.41, 5.74) is -2.89. The Bertz CT molecular complexity index is 1230. The maximum absolute atomic E-state index is 14.0. The molecule has 0 spiro atoms. The van der Waals surface area contributed by atoms with E-state index in [1.165, 1.54) is 16.6 Å². The van der Waals surface area contributed by atoms with Crippen molar-refractivity contribution >= 4 is 11.8 Å². The van der Waals surface area contributed by atoms with E-state index in [0.29, 0.717) is 19.0 Å². The van der Waals surface area contributed by atoms with Gasteiger partial charge in [0.1, 0.15) is 17.2 Å². The number of hydrogen-bond donors (Lipinski definition) is 3. The lowest BCUT2D eigenvalue weighted by Crippen LogP contribution is -2.54. The minimum atomic E-state index is -1.27. The molecule has 11 heteroatoms. The predicted octanol–water partition coefficient (Wildman–Crippen LogP) is 1.41. The molecular formula is C23H25F2N3O6. The number of methoxy groups -OCH3 is 1. The summed E-state index contributed by atoms with van der Waals surface area (Å²) in [5.74, 6) is -4.08. The Kier molecular flexibility index (Phi) is 6.17. The second-order valence-electron chi connectivity index (χ2n) is 8.55. The van der Waals surface area contributed by atoms with Crippen LogP contribution in [0.15, 0.2) is 23.0 Å². The van der Waals surface area contributed by atoms with Gasteiger partial charge < -0.3 is 29.7 Å². The number of nitrogens with one attached hydrogen (secondary N) is 1. The van der Waals surface area contributed by atoms with Gasteiger partial charge in [0.15, 0.2) is 11.4 Å². The Morgan fingerprint density at radius 2 is 2.06 bits per heavy atom. The zero-order valence-corrected chi connectivity index (χ0v) is 18.7. The minimum Gasteiger partial charge on any atom is -0.503 e. The summed E-state index contributed by atoms with van der Waals surface area (Å²) in [5, 5.41) is 24.1. The van der Waals surface area contributed by atoms with Gasteiger partial charge in [0, 0.05) is 51.4 Å². The molecule has 1 aromatic heterocycles. The van der Waals surface area contributed by atoms with Crippen LogP contribution in [0.1, 0.15) is 58.0 Å². The Morgan fingerprint density at radius 1 is 1.32 bits per heavy atom. The molecule has 2 unspecified atom stereocenters. The summed E-state index contributed by atoms with van der Waals surface area (Å²) in [4.78, 5) is 40.6. The monoisotopic (exact) mass is 477 g/mol. The van der Waals surface area contributed by atoms with Crippen LogP contribution in [0.2, 0.25) is 0 Å². The van der Waals surface area contributed by atoms with Crippen molar-refractivity contribution in [3.8, 4) is 5.75 Å². The van der Waals surface area contributed by atoms with Crippen LogP contribution in [-0.2, 0) is 16.8 Å². The fraction of sp³-hybridized carbons (Fsp3) is 0.435. The van der Waals surface area contributed by atoms with E-state index < -0.39 is 51.8 Å². The number of aliphatic hydroxyl groups is 1. The number of hydrogen-bond acceptors (Lipinski definition) is 6. The molecule has 0 bridgehead atoms. The Labute approximate surface area is 193 Å². The molecule has 0 fully saturated rings. The van der Waals surface area contributed by atoms with Gasteiger partial charge in [0.2, 0.25) is 5.43 Å². The lowest BCUT2D eigenvalue weighted by atomic mass is 9.89. The molecule has 0 saturated heterocycles. The lowest BCUT2D eigenvalue weighted by Gasteiger charge is -2.43. The summed E-state index contributed by atoms with van der Waals surface area (Å²) in [7, 11) is 1.51. The topological polar surface area (TPSA) is 121 Å². The number of halogens is 2. The first-order valence-corrected chi connectivity index (χ1v) is 10.9. The maximum Gasteiger partial charge on any atom is 0.274 e. The Balaban J connectivity index is 1.82. The molecule has 182 valence electrons. The number of nitrogens with zero attached hydrogens (tertiary/aromatic N) is 2. The van der Waals surface area contributed by atoms with Crippen molar-refractivity contribution in [2.45, 2.75) is 38.0 Å². The zero-order chi connectivity index (χ0) is 24.8. The maximum atomic E-state index is 14.0. The molecule has 3 heterocycles. The van der Waals surface area contributed by atoms with Crippen LogP contribution in [0.3, 0.4) is 0 Å².